The molecule has 23 heavy (non-hydrogen) atoms. The highest BCUT2D eigenvalue weighted by Gasteiger charge is 2.22. The lowest BCUT2D eigenvalue weighted by molar-refractivity contribution is 0.0912. The van der Waals surface area contributed by atoms with Crippen molar-refractivity contribution in [2.75, 3.05) is 0 Å². The molecule has 0 aliphatic carbocycles. The monoisotopic (exact) mass is 311 g/mol. The Morgan fingerprint density at radius 2 is 1.96 bits per heavy atom. The molecule has 0 fully saturated rings. The van der Waals surface area contributed by atoms with Gasteiger partial charge in [-0.2, -0.15) is 0 Å². The summed E-state index contributed by atoms with van der Waals surface area (Å²) in [7, 11) is 0. The number of nitrogens with zero attached hydrogens (tertiary/aromatic N) is 2. The molecule has 0 saturated heterocycles. The molecule has 1 aromatic carbocycles. The number of amides is 1. The lowest BCUT2D eigenvalue weighted by atomic mass is 9.94. The number of halogens is 1. The molecule has 0 spiro atoms. The Kier molecular flexibility index (Phi) is 3.86. The first-order chi connectivity index (χ1) is 10.9. The summed E-state index contributed by atoms with van der Waals surface area (Å²) < 4.78 is 14.8. The molecular formula is C18H18FN3O. The summed E-state index contributed by atoms with van der Waals surface area (Å²) in [5.74, 6) is -0.406. The molecule has 3 aromatic rings. The maximum absolute atomic E-state index is 13.0. The van der Waals surface area contributed by atoms with Crippen LogP contribution in [0.4, 0.5) is 4.39 Å². The normalized spacial score (nSPS) is 11.6. The summed E-state index contributed by atoms with van der Waals surface area (Å²) in [5.41, 5.74) is 1.90. The van der Waals surface area contributed by atoms with Gasteiger partial charge < -0.3 is 9.72 Å². The Labute approximate surface area is 134 Å². The number of hydrogen-bond donors (Lipinski definition) is 1. The van der Waals surface area contributed by atoms with Crippen LogP contribution >= 0.6 is 0 Å². The van der Waals surface area contributed by atoms with Gasteiger partial charge in [-0.05, 0) is 50.1 Å². The predicted molar refractivity (Wildman–Crippen MR) is 86.8 cm³/mol. The number of pyridine rings is 1. The Morgan fingerprint density at radius 1 is 1.22 bits per heavy atom. The molecule has 0 bridgehead atoms. The number of carbonyl (C=O) groups excluding carboxylic acids is 1. The van der Waals surface area contributed by atoms with E-state index in [1.54, 1.807) is 36.8 Å². The lowest BCUT2D eigenvalue weighted by Crippen LogP contribution is -2.45. The molecule has 0 atom stereocenters. The average molecular weight is 311 g/mol. The molecule has 0 radical (unpaired) electrons. The highest BCUT2D eigenvalue weighted by atomic mass is 19.1. The average Bonchev–Trinajstić information content (AvgIpc) is 2.96. The summed E-state index contributed by atoms with van der Waals surface area (Å²) in [5, 5.41) is 3.03. The van der Waals surface area contributed by atoms with Crippen LogP contribution in [0.5, 0.6) is 0 Å². The zero-order chi connectivity index (χ0) is 16.4. The third-order valence-electron chi connectivity index (χ3n) is 3.66. The molecule has 0 aliphatic heterocycles. The van der Waals surface area contributed by atoms with Gasteiger partial charge in [0.05, 0.1) is 5.56 Å². The van der Waals surface area contributed by atoms with Gasteiger partial charge in [0.2, 0.25) is 0 Å². The van der Waals surface area contributed by atoms with Crippen LogP contribution in [0.3, 0.4) is 0 Å². The second-order valence-electron chi connectivity index (χ2n) is 6.25. The van der Waals surface area contributed by atoms with Gasteiger partial charge >= 0.3 is 0 Å². The Hall–Kier alpha value is -2.69. The zero-order valence-electron chi connectivity index (χ0n) is 13.1. The second-order valence-corrected chi connectivity index (χ2v) is 6.25. The van der Waals surface area contributed by atoms with Crippen LogP contribution < -0.4 is 5.32 Å². The second kappa shape index (κ2) is 5.83. The molecule has 5 heteroatoms. The molecule has 0 unspecified atom stereocenters. The first kappa shape index (κ1) is 15.2. The van der Waals surface area contributed by atoms with Crippen molar-refractivity contribution in [3.8, 4) is 0 Å². The first-order valence-electron chi connectivity index (χ1n) is 7.43. The third kappa shape index (κ3) is 3.56. The molecule has 0 saturated carbocycles. The van der Waals surface area contributed by atoms with Crippen molar-refractivity contribution >= 4 is 11.6 Å². The summed E-state index contributed by atoms with van der Waals surface area (Å²) in [4.78, 5) is 16.6. The van der Waals surface area contributed by atoms with Gasteiger partial charge in [0.15, 0.2) is 0 Å². The minimum atomic E-state index is -0.446. The van der Waals surface area contributed by atoms with Crippen LogP contribution in [-0.4, -0.2) is 20.8 Å². The molecule has 2 aromatic heterocycles. The number of benzene rings is 1. The Balaban J connectivity index is 1.73. The van der Waals surface area contributed by atoms with Gasteiger partial charge in [0, 0.05) is 24.1 Å². The van der Waals surface area contributed by atoms with Gasteiger partial charge in [-0.3, -0.25) is 4.79 Å². The minimum Gasteiger partial charge on any atom is -0.347 e. The smallest absolute Gasteiger partial charge is 0.253 e. The fraction of sp³-hybridized carbons (Fsp3) is 0.222. The summed E-state index contributed by atoms with van der Waals surface area (Å²) in [6, 6.07) is 9.90. The van der Waals surface area contributed by atoms with Crippen LogP contribution in [-0.2, 0) is 6.42 Å². The van der Waals surface area contributed by atoms with Crippen LogP contribution in [0.15, 0.2) is 55.0 Å². The molecule has 3 rings (SSSR count). The van der Waals surface area contributed by atoms with E-state index in [2.05, 4.69) is 10.3 Å². The van der Waals surface area contributed by atoms with Crippen LogP contribution in [0.25, 0.3) is 5.65 Å². The van der Waals surface area contributed by atoms with Crippen molar-refractivity contribution < 1.29 is 9.18 Å². The van der Waals surface area contributed by atoms with Crippen molar-refractivity contribution in [2.24, 2.45) is 0 Å². The highest BCUT2D eigenvalue weighted by Crippen LogP contribution is 2.15. The third-order valence-corrected chi connectivity index (χ3v) is 3.66. The van der Waals surface area contributed by atoms with E-state index in [4.69, 9.17) is 0 Å². The van der Waals surface area contributed by atoms with E-state index in [-0.39, 0.29) is 11.7 Å². The summed E-state index contributed by atoms with van der Waals surface area (Å²) >= 11 is 0. The molecule has 0 aliphatic rings. The van der Waals surface area contributed by atoms with Crippen molar-refractivity contribution in [1.29, 1.82) is 0 Å². The quantitative estimate of drug-likeness (QED) is 0.804. The fourth-order valence-corrected chi connectivity index (χ4v) is 2.59. The van der Waals surface area contributed by atoms with Crippen LogP contribution in [0.1, 0.15) is 29.8 Å². The number of carbonyl (C=O) groups is 1. The zero-order valence-corrected chi connectivity index (χ0v) is 13.1. The fourth-order valence-electron chi connectivity index (χ4n) is 2.59. The van der Waals surface area contributed by atoms with Gasteiger partial charge in [-0.1, -0.05) is 12.1 Å². The first-order valence-corrected chi connectivity index (χ1v) is 7.43. The molecule has 2 heterocycles. The number of aromatic nitrogens is 2. The molecule has 1 amide bonds. The molecular weight excluding hydrogens is 293 g/mol. The Morgan fingerprint density at radius 3 is 2.70 bits per heavy atom. The lowest BCUT2D eigenvalue weighted by Gasteiger charge is -2.26. The topological polar surface area (TPSA) is 46.4 Å². The minimum absolute atomic E-state index is 0.146. The van der Waals surface area contributed by atoms with Crippen molar-refractivity contribution in [3.05, 3.63) is 71.9 Å². The van der Waals surface area contributed by atoms with E-state index >= 15 is 0 Å². The van der Waals surface area contributed by atoms with Crippen LogP contribution in [0, 0.1) is 5.82 Å². The standard InChI is InChI=1S/C18H18FN3O/c1-18(2,11-13-3-6-15(19)7-4-13)21-17(23)14-5-8-16-20-9-10-22(16)12-14/h3-10,12H,11H2,1-2H3,(H,21,23). The van der Waals surface area contributed by atoms with E-state index in [9.17, 15) is 9.18 Å². The van der Waals surface area contributed by atoms with Gasteiger partial charge in [0.1, 0.15) is 11.5 Å². The Bertz CT molecular complexity index is 837. The maximum Gasteiger partial charge on any atom is 0.253 e. The van der Waals surface area contributed by atoms with E-state index in [0.29, 0.717) is 12.0 Å². The number of nitrogens with one attached hydrogen (secondary N) is 1. The van der Waals surface area contributed by atoms with Crippen molar-refractivity contribution in [2.45, 2.75) is 25.8 Å². The number of rotatable bonds is 4. The van der Waals surface area contributed by atoms with E-state index < -0.39 is 5.54 Å². The van der Waals surface area contributed by atoms with E-state index in [1.807, 2.05) is 24.3 Å². The number of fused-ring (bicyclic) bond motifs is 1. The SMILES string of the molecule is CC(C)(Cc1ccc(F)cc1)NC(=O)c1ccc2nccn2c1. The largest absolute Gasteiger partial charge is 0.347 e. The molecule has 118 valence electrons. The number of imidazole rings is 1. The summed E-state index contributed by atoms with van der Waals surface area (Å²) in [6.07, 6.45) is 5.86. The summed E-state index contributed by atoms with van der Waals surface area (Å²) in [6.45, 7) is 3.90. The van der Waals surface area contributed by atoms with E-state index in [0.717, 1.165) is 11.2 Å². The van der Waals surface area contributed by atoms with E-state index in [1.165, 1.54) is 12.1 Å². The van der Waals surface area contributed by atoms with Crippen molar-refractivity contribution in [3.63, 3.8) is 0 Å². The van der Waals surface area contributed by atoms with Crippen molar-refractivity contribution in [1.82, 2.24) is 14.7 Å². The van der Waals surface area contributed by atoms with Gasteiger partial charge in [-0.25, -0.2) is 9.37 Å². The van der Waals surface area contributed by atoms with Crippen LogP contribution in [0.2, 0.25) is 0 Å². The maximum atomic E-state index is 13.0. The molecule has 1 N–H and O–H groups in total. The molecule has 4 nitrogen and oxygen atoms in total. The van der Waals surface area contributed by atoms with Gasteiger partial charge in [-0.15, -0.1) is 0 Å². The predicted octanol–water partition coefficient (Wildman–Crippen LogP) is 3.22. The highest BCUT2D eigenvalue weighted by molar-refractivity contribution is 5.94. The van der Waals surface area contributed by atoms with Gasteiger partial charge in [0.25, 0.3) is 5.91 Å². The number of hydrogen-bond acceptors (Lipinski definition) is 2.